The minimum absolute atomic E-state index is 0.546. The lowest BCUT2D eigenvalue weighted by molar-refractivity contribution is -0.140. The maximum absolute atomic E-state index is 11.4. The number of hydrogen-bond acceptors (Lipinski definition) is 3. The third-order valence-electron chi connectivity index (χ3n) is 1.89. The molecular formula is C10H11IN2O4. The lowest BCUT2D eigenvalue weighted by atomic mass is 10.3. The Morgan fingerprint density at radius 1 is 1.29 bits per heavy atom. The van der Waals surface area contributed by atoms with E-state index in [1.807, 2.05) is 0 Å². The Morgan fingerprint density at radius 2 is 1.88 bits per heavy atom. The summed E-state index contributed by atoms with van der Waals surface area (Å²) in [5.41, 5.74) is 0.546. The molecule has 0 aromatic heterocycles. The number of amides is 2. The third kappa shape index (κ3) is 4.57. The van der Waals surface area contributed by atoms with Gasteiger partial charge in [0.1, 0.15) is 0 Å². The molecule has 1 unspecified atom stereocenters. The van der Waals surface area contributed by atoms with Gasteiger partial charge in [-0.1, -0.05) is 0 Å². The van der Waals surface area contributed by atoms with Crippen molar-refractivity contribution in [3.05, 3.63) is 27.8 Å². The van der Waals surface area contributed by atoms with Gasteiger partial charge in [-0.2, -0.15) is 0 Å². The van der Waals surface area contributed by atoms with Crippen LogP contribution in [-0.2, 0) is 4.79 Å². The Hall–Kier alpha value is -1.35. The summed E-state index contributed by atoms with van der Waals surface area (Å²) in [6.45, 7) is -0.657. The Bertz CT molecular complexity index is 407. The number of aliphatic hydroxyl groups is 1. The first-order chi connectivity index (χ1) is 8.02. The topological polar surface area (TPSA) is 98.7 Å². The van der Waals surface area contributed by atoms with Crippen molar-refractivity contribution in [2.45, 2.75) is 6.04 Å². The summed E-state index contributed by atoms with van der Waals surface area (Å²) in [6.07, 6.45) is 0. The average molecular weight is 350 g/mol. The van der Waals surface area contributed by atoms with Crippen LogP contribution in [0, 0.1) is 3.57 Å². The van der Waals surface area contributed by atoms with Crippen molar-refractivity contribution in [3.63, 3.8) is 0 Å². The zero-order valence-corrected chi connectivity index (χ0v) is 10.8. The van der Waals surface area contributed by atoms with E-state index >= 15 is 0 Å². The van der Waals surface area contributed by atoms with Gasteiger partial charge >= 0.3 is 12.0 Å². The number of carboxylic acids is 1. The number of carbonyl (C=O) groups is 2. The summed E-state index contributed by atoms with van der Waals surface area (Å²) >= 11 is 2.13. The fourth-order valence-electron chi connectivity index (χ4n) is 1.04. The van der Waals surface area contributed by atoms with Crippen molar-refractivity contribution in [1.82, 2.24) is 5.32 Å². The summed E-state index contributed by atoms with van der Waals surface area (Å²) in [5, 5.41) is 21.9. The highest BCUT2D eigenvalue weighted by atomic mass is 127. The number of halogens is 1. The molecule has 2 amide bonds. The highest BCUT2D eigenvalue weighted by Gasteiger charge is 2.18. The molecule has 0 spiro atoms. The van der Waals surface area contributed by atoms with Gasteiger partial charge in [0.15, 0.2) is 6.04 Å². The average Bonchev–Trinajstić information content (AvgIpc) is 2.28. The van der Waals surface area contributed by atoms with E-state index in [0.29, 0.717) is 5.69 Å². The summed E-state index contributed by atoms with van der Waals surface area (Å²) in [6, 6.07) is 5.01. The number of anilines is 1. The van der Waals surface area contributed by atoms with Crippen LogP contribution in [0.1, 0.15) is 0 Å². The second-order valence-corrected chi connectivity index (χ2v) is 4.42. The van der Waals surface area contributed by atoms with Crippen molar-refractivity contribution >= 4 is 40.3 Å². The van der Waals surface area contributed by atoms with E-state index in [1.54, 1.807) is 24.3 Å². The summed E-state index contributed by atoms with van der Waals surface area (Å²) in [5.74, 6) is -1.29. The van der Waals surface area contributed by atoms with Crippen LogP contribution < -0.4 is 10.6 Å². The Balaban J connectivity index is 2.54. The highest BCUT2D eigenvalue weighted by Crippen LogP contribution is 2.10. The molecule has 1 atom stereocenters. The zero-order valence-electron chi connectivity index (χ0n) is 8.68. The maximum atomic E-state index is 11.4. The molecule has 7 heteroatoms. The van der Waals surface area contributed by atoms with Gasteiger partial charge in [0.25, 0.3) is 0 Å². The first-order valence-corrected chi connectivity index (χ1v) is 5.77. The molecule has 1 rings (SSSR count). The van der Waals surface area contributed by atoms with E-state index in [9.17, 15) is 9.59 Å². The van der Waals surface area contributed by atoms with Crippen LogP contribution in [-0.4, -0.2) is 34.9 Å². The Morgan fingerprint density at radius 3 is 2.35 bits per heavy atom. The van der Waals surface area contributed by atoms with Crippen molar-refractivity contribution in [2.75, 3.05) is 11.9 Å². The normalized spacial score (nSPS) is 11.6. The molecule has 1 aromatic carbocycles. The Kier molecular flexibility index (Phi) is 5.16. The van der Waals surface area contributed by atoms with E-state index < -0.39 is 24.6 Å². The molecule has 0 bridgehead atoms. The van der Waals surface area contributed by atoms with Crippen molar-refractivity contribution < 1.29 is 19.8 Å². The summed E-state index contributed by atoms with van der Waals surface area (Å²) in [4.78, 5) is 21.9. The van der Waals surface area contributed by atoms with Crippen LogP contribution in [0.3, 0.4) is 0 Å². The molecule has 92 valence electrons. The van der Waals surface area contributed by atoms with Gasteiger partial charge in [-0.25, -0.2) is 9.59 Å². The van der Waals surface area contributed by atoms with E-state index in [2.05, 4.69) is 33.2 Å². The van der Waals surface area contributed by atoms with Gasteiger partial charge in [-0.15, -0.1) is 0 Å². The van der Waals surface area contributed by atoms with Gasteiger partial charge < -0.3 is 20.8 Å². The van der Waals surface area contributed by atoms with Gasteiger partial charge in [0.05, 0.1) is 6.61 Å². The first-order valence-electron chi connectivity index (χ1n) is 4.69. The number of urea groups is 1. The van der Waals surface area contributed by atoms with E-state index in [-0.39, 0.29) is 0 Å². The molecule has 0 aliphatic heterocycles. The van der Waals surface area contributed by atoms with Crippen LogP contribution in [0.4, 0.5) is 10.5 Å². The van der Waals surface area contributed by atoms with Gasteiger partial charge in [-0.3, -0.25) is 0 Å². The molecule has 0 aliphatic carbocycles. The van der Waals surface area contributed by atoms with Gasteiger partial charge in [0, 0.05) is 9.26 Å². The van der Waals surface area contributed by atoms with E-state index in [4.69, 9.17) is 10.2 Å². The molecule has 0 fully saturated rings. The van der Waals surface area contributed by atoms with Crippen molar-refractivity contribution in [3.8, 4) is 0 Å². The molecule has 6 nitrogen and oxygen atoms in total. The van der Waals surface area contributed by atoms with E-state index in [1.165, 1.54) is 0 Å². The predicted molar refractivity (Wildman–Crippen MR) is 69.8 cm³/mol. The summed E-state index contributed by atoms with van der Waals surface area (Å²) < 4.78 is 1.02. The second kappa shape index (κ2) is 6.40. The zero-order chi connectivity index (χ0) is 12.8. The van der Waals surface area contributed by atoms with Crippen LogP contribution in [0.25, 0.3) is 0 Å². The van der Waals surface area contributed by atoms with Gasteiger partial charge in [-0.05, 0) is 46.9 Å². The monoisotopic (exact) mass is 350 g/mol. The minimum Gasteiger partial charge on any atom is -0.480 e. The van der Waals surface area contributed by atoms with Crippen LogP contribution >= 0.6 is 22.6 Å². The number of carbonyl (C=O) groups excluding carboxylic acids is 1. The molecule has 0 radical (unpaired) electrons. The molecule has 0 heterocycles. The lowest BCUT2D eigenvalue weighted by Gasteiger charge is -2.12. The molecule has 4 N–H and O–H groups in total. The van der Waals surface area contributed by atoms with Gasteiger partial charge in [0.2, 0.25) is 0 Å². The lowest BCUT2D eigenvalue weighted by Crippen LogP contribution is -2.45. The number of benzene rings is 1. The number of carboxylic acid groups (broad SMARTS) is 1. The van der Waals surface area contributed by atoms with Crippen LogP contribution in [0.15, 0.2) is 24.3 Å². The van der Waals surface area contributed by atoms with Crippen LogP contribution in [0.2, 0.25) is 0 Å². The maximum Gasteiger partial charge on any atom is 0.328 e. The Labute approximate surface area is 111 Å². The number of hydrogen-bond donors (Lipinski definition) is 4. The SMILES string of the molecule is O=C(Nc1ccc(I)cc1)NC(CO)C(=O)O. The smallest absolute Gasteiger partial charge is 0.328 e. The standard InChI is InChI=1S/C10H11IN2O4/c11-6-1-3-7(4-2-6)12-10(17)13-8(5-14)9(15)16/h1-4,8,14H,5H2,(H,15,16)(H2,12,13,17). The van der Waals surface area contributed by atoms with E-state index in [0.717, 1.165) is 3.57 Å². The fraction of sp³-hybridized carbons (Fsp3) is 0.200. The first kappa shape index (κ1) is 13.7. The van der Waals surface area contributed by atoms with Crippen molar-refractivity contribution in [1.29, 1.82) is 0 Å². The molecule has 1 aromatic rings. The number of nitrogens with one attached hydrogen (secondary N) is 2. The molecular weight excluding hydrogens is 339 g/mol. The fourth-order valence-corrected chi connectivity index (χ4v) is 1.40. The largest absolute Gasteiger partial charge is 0.480 e. The van der Waals surface area contributed by atoms with Crippen molar-refractivity contribution in [2.24, 2.45) is 0 Å². The second-order valence-electron chi connectivity index (χ2n) is 3.18. The number of aliphatic hydroxyl groups excluding tert-OH is 1. The highest BCUT2D eigenvalue weighted by molar-refractivity contribution is 14.1. The number of rotatable bonds is 4. The molecule has 0 saturated carbocycles. The molecule has 0 saturated heterocycles. The number of aliphatic carboxylic acids is 1. The third-order valence-corrected chi connectivity index (χ3v) is 2.61. The quantitative estimate of drug-likeness (QED) is 0.606. The van der Waals surface area contributed by atoms with Crippen LogP contribution in [0.5, 0.6) is 0 Å². The molecule has 17 heavy (non-hydrogen) atoms. The minimum atomic E-state index is -1.31. The summed E-state index contributed by atoms with van der Waals surface area (Å²) in [7, 11) is 0. The predicted octanol–water partition coefficient (Wildman–Crippen LogP) is 0.858. The molecule has 0 aliphatic rings.